The lowest BCUT2D eigenvalue weighted by Gasteiger charge is -2.25. The zero-order valence-electron chi connectivity index (χ0n) is 18.3. The molecule has 2 aromatic carbocycles. The number of nitrogens with one attached hydrogen (secondary N) is 2. The van der Waals surface area contributed by atoms with E-state index in [1.807, 2.05) is 38.1 Å². The molecule has 0 aliphatic carbocycles. The molecule has 0 bridgehead atoms. The minimum Gasteiger partial charge on any atom is -0.390 e. The lowest BCUT2D eigenvalue weighted by atomic mass is 10.0. The molecule has 3 N–H and O–H groups in total. The number of amides is 1. The van der Waals surface area contributed by atoms with E-state index in [9.17, 15) is 18.7 Å². The molecular weight excluding hydrogens is 466 g/mol. The number of carbonyl (C=O) groups excluding carboxylic acids is 1. The van der Waals surface area contributed by atoms with Crippen molar-refractivity contribution in [2.75, 3.05) is 12.3 Å². The van der Waals surface area contributed by atoms with E-state index in [2.05, 4.69) is 20.2 Å². The Morgan fingerprint density at radius 2 is 1.91 bits per heavy atom. The molecule has 0 fully saturated rings. The monoisotopic (exact) mass is 492 g/mol. The molecule has 6 nitrogen and oxygen atoms in total. The predicted octanol–water partition coefficient (Wildman–Crippen LogP) is 3.40. The van der Waals surface area contributed by atoms with Crippen molar-refractivity contribution in [1.29, 1.82) is 0 Å². The standard InChI is InChI=1S/C23H26F2N4O2S2/c1-14-4-3-5-16(6-14)11-26-12-21(30)20(9-17-7-18(24)10-19(25)8-17)27-22(31)13-32-23-15(2)28-29-33-23/h3-8,10,20-21,26,30H,9,11-13H2,1-2H3,(H,27,31)/t20-,21+/m0/s1. The van der Waals surface area contributed by atoms with Crippen molar-refractivity contribution in [2.24, 2.45) is 0 Å². The summed E-state index contributed by atoms with van der Waals surface area (Å²) in [5.41, 5.74) is 3.31. The molecule has 0 radical (unpaired) electrons. The summed E-state index contributed by atoms with van der Waals surface area (Å²) < 4.78 is 32.0. The van der Waals surface area contributed by atoms with Crippen LogP contribution in [0.5, 0.6) is 0 Å². The molecule has 0 spiro atoms. The molecule has 2 atom stereocenters. The minimum atomic E-state index is -0.970. The van der Waals surface area contributed by atoms with Gasteiger partial charge in [0.25, 0.3) is 0 Å². The van der Waals surface area contributed by atoms with Gasteiger partial charge in [-0.3, -0.25) is 4.79 Å². The molecule has 33 heavy (non-hydrogen) atoms. The first-order valence-electron chi connectivity index (χ1n) is 10.4. The van der Waals surface area contributed by atoms with Crippen LogP contribution in [0.25, 0.3) is 0 Å². The van der Waals surface area contributed by atoms with E-state index in [0.717, 1.165) is 27.1 Å². The lowest BCUT2D eigenvalue weighted by Crippen LogP contribution is -2.49. The van der Waals surface area contributed by atoms with Gasteiger partial charge >= 0.3 is 0 Å². The van der Waals surface area contributed by atoms with E-state index < -0.39 is 23.8 Å². The summed E-state index contributed by atoms with van der Waals surface area (Å²) in [6, 6.07) is 10.5. The van der Waals surface area contributed by atoms with Crippen molar-refractivity contribution in [2.45, 2.75) is 43.2 Å². The SMILES string of the molecule is Cc1cccc(CNC[C@@H](O)[C@H](Cc2cc(F)cc(F)c2)NC(=O)CSc2snnc2C)c1. The maximum Gasteiger partial charge on any atom is 0.230 e. The summed E-state index contributed by atoms with van der Waals surface area (Å²) in [5, 5.41) is 20.7. The van der Waals surface area contributed by atoms with E-state index in [0.29, 0.717) is 12.1 Å². The Morgan fingerprint density at radius 1 is 1.15 bits per heavy atom. The maximum absolute atomic E-state index is 13.7. The Morgan fingerprint density at radius 3 is 2.58 bits per heavy atom. The van der Waals surface area contributed by atoms with Crippen LogP contribution in [-0.4, -0.2) is 45.0 Å². The molecular formula is C23H26F2N4O2S2. The van der Waals surface area contributed by atoms with Crippen LogP contribution in [0.1, 0.15) is 22.4 Å². The molecule has 3 rings (SSSR count). The molecule has 0 saturated heterocycles. The summed E-state index contributed by atoms with van der Waals surface area (Å²) in [6.07, 6.45) is -0.888. The number of rotatable bonds is 11. The summed E-state index contributed by atoms with van der Waals surface area (Å²) in [7, 11) is 0. The first-order valence-corrected chi connectivity index (χ1v) is 12.2. The normalized spacial score (nSPS) is 13.0. The smallest absolute Gasteiger partial charge is 0.230 e. The van der Waals surface area contributed by atoms with Crippen LogP contribution in [0.4, 0.5) is 8.78 Å². The first-order chi connectivity index (χ1) is 15.8. The van der Waals surface area contributed by atoms with Crippen molar-refractivity contribution in [1.82, 2.24) is 20.2 Å². The molecule has 0 saturated carbocycles. The van der Waals surface area contributed by atoms with Crippen molar-refractivity contribution < 1.29 is 18.7 Å². The summed E-state index contributed by atoms with van der Waals surface area (Å²) >= 11 is 2.52. The number of benzene rings is 2. The third kappa shape index (κ3) is 8.15. The third-order valence-corrected chi connectivity index (χ3v) is 7.06. The molecule has 1 heterocycles. The number of aliphatic hydroxyl groups excluding tert-OH is 1. The summed E-state index contributed by atoms with van der Waals surface area (Å²) in [5.74, 6) is -1.59. The third-order valence-electron chi connectivity index (χ3n) is 4.90. The Kier molecular flexibility index (Phi) is 9.30. The van der Waals surface area contributed by atoms with Gasteiger partial charge < -0.3 is 15.7 Å². The van der Waals surface area contributed by atoms with Gasteiger partial charge in [-0.2, -0.15) is 0 Å². The van der Waals surface area contributed by atoms with Crippen LogP contribution in [0.15, 0.2) is 46.7 Å². The Balaban J connectivity index is 1.62. The zero-order chi connectivity index (χ0) is 23.8. The van der Waals surface area contributed by atoms with E-state index in [4.69, 9.17) is 0 Å². The molecule has 0 unspecified atom stereocenters. The second-order valence-corrected chi connectivity index (χ2v) is 9.78. The lowest BCUT2D eigenvalue weighted by molar-refractivity contribution is -0.120. The van der Waals surface area contributed by atoms with Crippen LogP contribution in [0.3, 0.4) is 0 Å². The number of thioether (sulfide) groups is 1. The zero-order valence-corrected chi connectivity index (χ0v) is 20.0. The van der Waals surface area contributed by atoms with Gasteiger partial charge in [0.15, 0.2) is 0 Å². The van der Waals surface area contributed by atoms with Crippen LogP contribution < -0.4 is 10.6 Å². The average molecular weight is 493 g/mol. The van der Waals surface area contributed by atoms with Gasteiger partial charge in [-0.05, 0) is 55.1 Å². The summed E-state index contributed by atoms with van der Waals surface area (Å²) in [4.78, 5) is 12.6. The topological polar surface area (TPSA) is 87.1 Å². The van der Waals surface area contributed by atoms with Gasteiger partial charge in [0, 0.05) is 19.2 Å². The molecule has 1 aromatic heterocycles. The van der Waals surface area contributed by atoms with Gasteiger partial charge in [0.1, 0.15) is 15.8 Å². The second kappa shape index (κ2) is 12.2. The van der Waals surface area contributed by atoms with E-state index >= 15 is 0 Å². The van der Waals surface area contributed by atoms with Crippen molar-refractivity contribution in [3.05, 3.63) is 76.5 Å². The number of hydrogen-bond acceptors (Lipinski definition) is 7. The van der Waals surface area contributed by atoms with E-state index in [1.165, 1.54) is 35.4 Å². The Hall–Kier alpha value is -2.40. The minimum absolute atomic E-state index is 0.0829. The van der Waals surface area contributed by atoms with Gasteiger partial charge in [-0.25, -0.2) is 8.78 Å². The predicted molar refractivity (Wildman–Crippen MR) is 126 cm³/mol. The van der Waals surface area contributed by atoms with E-state index in [-0.39, 0.29) is 24.6 Å². The number of carbonyl (C=O) groups is 1. The first kappa shape index (κ1) is 25.2. The van der Waals surface area contributed by atoms with Crippen LogP contribution in [-0.2, 0) is 17.8 Å². The molecule has 10 heteroatoms. The quantitative estimate of drug-likeness (QED) is 0.356. The maximum atomic E-state index is 13.7. The Labute approximate surface area is 200 Å². The molecule has 3 aromatic rings. The number of hydrogen-bond donors (Lipinski definition) is 3. The largest absolute Gasteiger partial charge is 0.390 e. The van der Waals surface area contributed by atoms with Crippen molar-refractivity contribution in [3.8, 4) is 0 Å². The number of aryl methyl sites for hydroxylation is 2. The van der Waals surface area contributed by atoms with Gasteiger partial charge in [-0.1, -0.05) is 34.3 Å². The number of aliphatic hydroxyl groups is 1. The average Bonchev–Trinajstić information content (AvgIpc) is 3.16. The molecule has 0 aliphatic rings. The molecule has 0 aliphatic heterocycles. The summed E-state index contributed by atoms with van der Waals surface area (Å²) in [6.45, 7) is 4.56. The highest BCUT2D eigenvalue weighted by atomic mass is 32.2. The highest BCUT2D eigenvalue weighted by Gasteiger charge is 2.23. The fourth-order valence-electron chi connectivity index (χ4n) is 3.33. The van der Waals surface area contributed by atoms with Gasteiger partial charge in [-0.15, -0.1) is 16.9 Å². The van der Waals surface area contributed by atoms with Gasteiger partial charge in [0.2, 0.25) is 5.91 Å². The second-order valence-electron chi connectivity index (χ2n) is 7.78. The fraction of sp³-hybridized carbons (Fsp3) is 0.348. The van der Waals surface area contributed by atoms with Crippen molar-refractivity contribution in [3.63, 3.8) is 0 Å². The number of nitrogens with zero attached hydrogens (tertiary/aromatic N) is 2. The molecule has 176 valence electrons. The van der Waals surface area contributed by atoms with Crippen molar-refractivity contribution >= 4 is 29.2 Å². The van der Waals surface area contributed by atoms with Gasteiger partial charge in [0.05, 0.1) is 23.6 Å². The Bertz CT molecular complexity index is 1060. The van der Waals surface area contributed by atoms with Crippen LogP contribution in [0, 0.1) is 25.5 Å². The van der Waals surface area contributed by atoms with E-state index in [1.54, 1.807) is 0 Å². The van der Waals surface area contributed by atoms with Crippen LogP contribution in [0.2, 0.25) is 0 Å². The highest BCUT2D eigenvalue weighted by molar-refractivity contribution is 8.01. The number of aromatic nitrogens is 2. The molecule has 1 amide bonds. The van der Waals surface area contributed by atoms with Crippen LogP contribution >= 0.6 is 23.3 Å². The number of halogens is 2. The fourth-order valence-corrected chi connectivity index (χ4v) is 4.82. The highest BCUT2D eigenvalue weighted by Crippen LogP contribution is 2.24.